The van der Waals surface area contributed by atoms with Crippen LogP contribution in [0.4, 0.5) is 0 Å². The van der Waals surface area contributed by atoms with Crippen LogP contribution in [0.1, 0.15) is 28.7 Å². The first kappa shape index (κ1) is 24.7. The molecule has 2 saturated heterocycles. The van der Waals surface area contributed by atoms with E-state index in [4.69, 9.17) is 0 Å². The number of nitrogens with one attached hydrogen (secondary N) is 1. The van der Waals surface area contributed by atoms with Crippen LogP contribution in [0.3, 0.4) is 0 Å². The number of aromatic hydroxyl groups is 1. The summed E-state index contributed by atoms with van der Waals surface area (Å²) in [6.07, 6.45) is 0.942. The average molecular weight is 465 g/mol. The molecule has 2 aliphatic rings. The molecule has 0 unspecified atom stereocenters. The maximum Gasteiger partial charge on any atom is 0.224 e. The number of rotatable bonds is 7. The van der Waals surface area contributed by atoms with Gasteiger partial charge in [-0.1, -0.05) is 41.5 Å². The zero-order chi connectivity index (χ0) is 24.1. The molecular weight excluding hydrogens is 424 g/mol. The highest BCUT2D eigenvalue weighted by Gasteiger charge is 2.33. The van der Waals surface area contributed by atoms with Crippen molar-refractivity contribution in [3.8, 4) is 5.75 Å². The summed E-state index contributed by atoms with van der Waals surface area (Å²) in [7, 11) is 2.19. The number of piperidine rings is 1. The lowest BCUT2D eigenvalue weighted by atomic mass is 9.87. The molecule has 2 aromatic carbocycles. The van der Waals surface area contributed by atoms with Gasteiger partial charge >= 0.3 is 0 Å². The quantitative estimate of drug-likeness (QED) is 0.660. The lowest BCUT2D eigenvalue weighted by Gasteiger charge is -2.41. The predicted molar refractivity (Wildman–Crippen MR) is 137 cm³/mol. The van der Waals surface area contributed by atoms with E-state index in [1.165, 1.54) is 16.7 Å². The fourth-order valence-electron chi connectivity index (χ4n) is 5.51. The van der Waals surface area contributed by atoms with Crippen LogP contribution in [-0.4, -0.2) is 78.6 Å². The summed E-state index contributed by atoms with van der Waals surface area (Å²) in [4.78, 5) is 20.7. The number of phenols is 1. The number of carbonyl (C=O) groups excluding carboxylic acids is 1. The fraction of sp³-hybridized carbons (Fsp3) is 0.536. The number of hydrogen-bond donors (Lipinski definition) is 2. The van der Waals surface area contributed by atoms with Gasteiger partial charge in [0, 0.05) is 58.9 Å². The first-order valence-electron chi connectivity index (χ1n) is 12.6. The molecule has 0 spiro atoms. The van der Waals surface area contributed by atoms with Gasteiger partial charge in [0.15, 0.2) is 0 Å². The lowest BCUT2D eigenvalue weighted by Crippen LogP contribution is -2.51. The van der Waals surface area contributed by atoms with Crippen molar-refractivity contribution in [1.29, 1.82) is 0 Å². The average Bonchev–Trinajstić information content (AvgIpc) is 2.80. The largest absolute Gasteiger partial charge is 0.508 e. The third-order valence-corrected chi connectivity index (χ3v) is 7.19. The van der Waals surface area contributed by atoms with Gasteiger partial charge in [0.25, 0.3) is 0 Å². The normalized spacial score (nSPS) is 22.6. The standard InChI is InChI=1S/C28H40N4O2/c1-21-12-22(2)14-24(13-21)16-29-28(34)26-15-25(18-31-10-8-30(3)9-11-31)19-32(20-26)17-23-4-6-27(33)7-5-23/h4-7,12-14,25-26,33H,8-11,15-20H2,1-3H3,(H,29,34)/t25-,26-/m1/s1. The summed E-state index contributed by atoms with van der Waals surface area (Å²) in [5.41, 5.74) is 4.80. The summed E-state index contributed by atoms with van der Waals surface area (Å²) in [6, 6.07) is 13.9. The molecule has 0 aromatic heterocycles. The number of nitrogens with zero attached hydrogens (tertiary/aromatic N) is 3. The van der Waals surface area contributed by atoms with Crippen molar-refractivity contribution in [3.05, 3.63) is 64.7 Å². The van der Waals surface area contributed by atoms with Crippen molar-refractivity contribution in [2.75, 3.05) is 52.9 Å². The van der Waals surface area contributed by atoms with Gasteiger partial charge in [-0.05, 0) is 56.5 Å². The number of amides is 1. The van der Waals surface area contributed by atoms with Gasteiger partial charge in [0.2, 0.25) is 5.91 Å². The second-order valence-electron chi connectivity index (χ2n) is 10.5. The molecule has 2 aliphatic heterocycles. The van der Waals surface area contributed by atoms with Crippen molar-refractivity contribution < 1.29 is 9.90 Å². The van der Waals surface area contributed by atoms with Gasteiger partial charge in [0.05, 0.1) is 5.92 Å². The Hall–Kier alpha value is -2.41. The van der Waals surface area contributed by atoms with Crippen LogP contribution in [0.5, 0.6) is 5.75 Å². The SMILES string of the molecule is Cc1cc(C)cc(CNC(=O)[C@@H]2C[C@H](CN3CCN(C)CC3)CN(Cc3ccc(O)cc3)C2)c1. The molecule has 0 radical (unpaired) electrons. The maximum absolute atomic E-state index is 13.3. The number of benzene rings is 2. The predicted octanol–water partition coefficient (Wildman–Crippen LogP) is 3.01. The molecule has 2 atom stereocenters. The van der Waals surface area contributed by atoms with E-state index in [0.717, 1.165) is 64.3 Å². The van der Waals surface area contributed by atoms with Crippen LogP contribution in [0.25, 0.3) is 0 Å². The monoisotopic (exact) mass is 464 g/mol. The third-order valence-electron chi connectivity index (χ3n) is 7.19. The Morgan fingerprint density at radius 3 is 2.29 bits per heavy atom. The van der Waals surface area contributed by atoms with E-state index in [1.54, 1.807) is 12.1 Å². The molecule has 1 amide bonds. The van der Waals surface area contributed by atoms with Crippen LogP contribution in [-0.2, 0) is 17.9 Å². The third kappa shape index (κ3) is 7.05. The molecular formula is C28H40N4O2. The van der Waals surface area contributed by atoms with E-state index in [0.29, 0.717) is 18.2 Å². The minimum Gasteiger partial charge on any atom is -0.508 e. The van der Waals surface area contributed by atoms with Gasteiger partial charge in [-0.25, -0.2) is 0 Å². The molecule has 2 fully saturated rings. The number of phenolic OH excluding ortho intramolecular Hbond substituents is 1. The van der Waals surface area contributed by atoms with Crippen LogP contribution in [0, 0.1) is 25.7 Å². The molecule has 0 aliphatic carbocycles. The van der Waals surface area contributed by atoms with Crippen LogP contribution >= 0.6 is 0 Å². The number of aryl methyl sites for hydroxylation is 2. The molecule has 0 saturated carbocycles. The van der Waals surface area contributed by atoms with Crippen molar-refractivity contribution in [1.82, 2.24) is 20.0 Å². The fourth-order valence-corrected chi connectivity index (χ4v) is 5.51. The van der Waals surface area contributed by atoms with Gasteiger partial charge < -0.3 is 20.2 Å². The summed E-state index contributed by atoms with van der Waals surface area (Å²) in [6.45, 7) is 12.9. The lowest BCUT2D eigenvalue weighted by molar-refractivity contribution is -0.128. The Morgan fingerprint density at radius 2 is 1.62 bits per heavy atom. The van der Waals surface area contributed by atoms with E-state index < -0.39 is 0 Å². The molecule has 6 nitrogen and oxygen atoms in total. The topological polar surface area (TPSA) is 59.1 Å². The molecule has 6 heteroatoms. The molecule has 2 aromatic rings. The van der Waals surface area contributed by atoms with Crippen LogP contribution < -0.4 is 5.32 Å². The van der Waals surface area contributed by atoms with Crippen molar-refractivity contribution in [2.24, 2.45) is 11.8 Å². The minimum atomic E-state index is -0.00534. The molecule has 4 rings (SSSR count). The van der Waals surface area contributed by atoms with Gasteiger partial charge in [-0.3, -0.25) is 9.69 Å². The second kappa shape index (κ2) is 11.3. The maximum atomic E-state index is 13.3. The van der Waals surface area contributed by atoms with E-state index in [-0.39, 0.29) is 11.8 Å². The number of likely N-dealkylation sites (tertiary alicyclic amines) is 1. The Balaban J connectivity index is 1.40. The van der Waals surface area contributed by atoms with E-state index in [9.17, 15) is 9.90 Å². The molecule has 2 N–H and O–H groups in total. The van der Waals surface area contributed by atoms with Gasteiger partial charge in [-0.2, -0.15) is 0 Å². The summed E-state index contributed by atoms with van der Waals surface area (Å²) < 4.78 is 0. The summed E-state index contributed by atoms with van der Waals surface area (Å²) in [5.74, 6) is 0.928. The molecule has 34 heavy (non-hydrogen) atoms. The minimum absolute atomic E-state index is 0.00534. The van der Waals surface area contributed by atoms with Gasteiger partial charge in [0.1, 0.15) is 5.75 Å². The second-order valence-corrected chi connectivity index (χ2v) is 10.5. The van der Waals surface area contributed by atoms with Crippen LogP contribution in [0.15, 0.2) is 42.5 Å². The smallest absolute Gasteiger partial charge is 0.224 e. The van der Waals surface area contributed by atoms with E-state index in [1.807, 2.05) is 12.1 Å². The first-order chi connectivity index (χ1) is 16.3. The summed E-state index contributed by atoms with van der Waals surface area (Å²) in [5, 5.41) is 12.9. The van der Waals surface area contributed by atoms with Crippen LogP contribution in [0.2, 0.25) is 0 Å². The molecule has 184 valence electrons. The van der Waals surface area contributed by atoms with Crippen molar-refractivity contribution in [2.45, 2.75) is 33.4 Å². The molecule has 2 heterocycles. The number of hydrogen-bond acceptors (Lipinski definition) is 5. The number of likely N-dealkylation sites (N-methyl/N-ethyl adjacent to an activating group) is 1. The highest BCUT2D eigenvalue weighted by atomic mass is 16.3. The van der Waals surface area contributed by atoms with Gasteiger partial charge in [-0.15, -0.1) is 0 Å². The summed E-state index contributed by atoms with van der Waals surface area (Å²) >= 11 is 0. The zero-order valence-electron chi connectivity index (χ0n) is 21.0. The van der Waals surface area contributed by atoms with E-state index >= 15 is 0 Å². The Bertz CT molecular complexity index is 933. The highest BCUT2D eigenvalue weighted by Crippen LogP contribution is 2.26. The van der Waals surface area contributed by atoms with Crippen molar-refractivity contribution in [3.63, 3.8) is 0 Å². The Kier molecular flexibility index (Phi) is 8.24. The first-order valence-corrected chi connectivity index (χ1v) is 12.6. The number of carbonyl (C=O) groups is 1. The highest BCUT2D eigenvalue weighted by molar-refractivity contribution is 5.79. The van der Waals surface area contributed by atoms with Crippen molar-refractivity contribution >= 4 is 5.91 Å². The zero-order valence-corrected chi connectivity index (χ0v) is 21.0. The number of piperazine rings is 1. The molecule has 0 bridgehead atoms. The Labute approximate surface area is 204 Å². The van der Waals surface area contributed by atoms with E-state index in [2.05, 4.69) is 59.1 Å². The Morgan fingerprint density at radius 1 is 0.941 bits per heavy atom.